The van der Waals surface area contributed by atoms with E-state index in [0.29, 0.717) is 31.3 Å². The van der Waals surface area contributed by atoms with Crippen molar-refractivity contribution in [1.82, 2.24) is 19.9 Å². The first kappa shape index (κ1) is 22.7. The molecule has 7 nitrogen and oxygen atoms in total. The molecular weight excluding hydrogens is 460 g/mol. The van der Waals surface area contributed by atoms with Crippen LogP contribution in [0.2, 0.25) is 0 Å². The highest BCUT2D eigenvalue weighted by Gasteiger charge is 2.09. The van der Waals surface area contributed by atoms with E-state index < -0.39 is 0 Å². The summed E-state index contributed by atoms with van der Waals surface area (Å²) in [6, 6.07) is 24.8. The molecule has 6 aromatic rings. The summed E-state index contributed by atoms with van der Waals surface area (Å²) in [7, 11) is 0. The number of benzene rings is 3. The lowest BCUT2D eigenvalue weighted by Crippen LogP contribution is -2.10. The summed E-state index contributed by atoms with van der Waals surface area (Å²) in [5.41, 5.74) is 12.9. The van der Waals surface area contributed by atoms with Gasteiger partial charge in [-0.1, -0.05) is 36.4 Å². The summed E-state index contributed by atoms with van der Waals surface area (Å²) in [6.45, 7) is 1.23. The molecule has 0 saturated heterocycles. The highest BCUT2D eigenvalue weighted by atomic mass is 16.5. The third-order valence-corrected chi connectivity index (χ3v) is 6.57. The van der Waals surface area contributed by atoms with Crippen LogP contribution in [0.25, 0.3) is 21.8 Å². The van der Waals surface area contributed by atoms with Gasteiger partial charge in [-0.15, -0.1) is 0 Å². The second-order valence-corrected chi connectivity index (χ2v) is 9.15. The summed E-state index contributed by atoms with van der Waals surface area (Å²) in [4.78, 5) is 15.6. The van der Waals surface area contributed by atoms with Crippen molar-refractivity contribution in [2.24, 2.45) is 0 Å². The van der Waals surface area contributed by atoms with Crippen LogP contribution >= 0.6 is 0 Å². The minimum Gasteiger partial charge on any atom is -0.489 e. The number of rotatable bonds is 9. The topological polar surface area (TPSA) is 105 Å². The van der Waals surface area contributed by atoms with Gasteiger partial charge in [-0.3, -0.25) is 0 Å². The van der Waals surface area contributed by atoms with E-state index in [9.17, 15) is 0 Å². The van der Waals surface area contributed by atoms with Crippen molar-refractivity contribution < 1.29 is 4.74 Å². The van der Waals surface area contributed by atoms with Crippen LogP contribution in [-0.2, 0) is 19.4 Å². The lowest BCUT2D eigenvalue weighted by Gasteiger charge is -2.09. The predicted octanol–water partition coefficient (Wildman–Crippen LogP) is 5.85. The Hall–Kier alpha value is -4.78. The molecule has 7 heteroatoms. The molecule has 0 atom stereocenters. The highest BCUT2D eigenvalue weighted by molar-refractivity contribution is 5.84. The quantitative estimate of drug-likeness (QED) is 0.204. The zero-order valence-electron chi connectivity index (χ0n) is 20.4. The smallest absolute Gasteiger partial charge is 0.224 e. The molecule has 0 fully saturated rings. The highest BCUT2D eigenvalue weighted by Crippen LogP contribution is 2.25. The zero-order chi connectivity index (χ0) is 25.0. The van der Waals surface area contributed by atoms with Crippen LogP contribution in [-0.4, -0.2) is 26.5 Å². The van der Waals surface area contributed by atoms with Gasteiger partial charge in [-0.05, 0) is 64.9 Å². The van der Waals surface area contributed by atoms with Crippen LogP contribution in [0.3, 0.4) is 0 Å². The largest absolute Gasteiger partial charge is 0.489 e. The summed E-state index contributed by atoms with van der Waals surface area (Å²) >= 11 is 0. The van der Waals surface area contributed by atoms with E-state index >= 15 is 0 Å². The Labute approximate surface area is 214 Å². The van der Waals surface area contributed by atoms with Crippen LogP contribution in [0.5, 0.6) is 5.75 Å². The van der Waals surface area contributed by atoms with Gasteiger partial charge in [0.2, 0.25) is 5.95 Å². The van der Waals surface area contributed by atoms with E-state index in [0.717, 1.165) is 39.7 Å². The van der Waals surface area contributed by atoms with E-state index in [4.69, 9.17) is 10.5 Å². The minimum atomic E-state index is 0.499. The van der Waals surface area contributed by atoms with E-state index in [1.807, 2.05) is 42.9 Å². The Morgan fingerprint density at radius 2 is 1.76 bits per heavy atom. The minimum absolute atomic E-state index is 0.499. The van der Waals surface area contributed by atoms with E-state index in [1.165, 1.54) is 16.5 Å². The van der Waals surface area contributed by atoms with Crippen molar-refractivity contribution in [2.75, 3.05) is 17.6 Å². The first-order valence-corrected chi connectivity index (χ1v) is 12.4. The molecule has 0 aliphatic carbocycles. The molecule has 0 amide bonds. The number of aromatic amines is 2. The zero-order valence-corrected chi connectivity index (χ0v) is 20.4. The maximum absolute atomic E-state index is 6.27. The number of ether oxygens (including phenoxy) is 1. The Kier molecular flexibility index (Phi) is 6.17. The molecule has 0 aliphatic rings. The number of hydrogen-bond donors (Lipinski definition) is 4. The number of nitrogens with two attached hydrogens (primary N) is 1. The average Bonchev–Trinajstić information content (AvgIpc) is 3.56. The van der Waals surface area contributed by atoms with Gasteiger partial charge in [0.05, 0.1) is 0 Å². The molecule has 0 aliphatic heterocycles. The van der Waals surface area contributed by atoms with Crippen LogP contribution < -0.4 is 15.8 Å². The number of nitrogens with one attached hydrogen (secondary N) is 3. The normalized spacial score (nSPS) is 11.2. The number of nitrogen functional groups attached to an aromatic ring is 1. The molecule has 5 N–H and O–H groups in total. The lowest BCUT2D eigenvalue weighted by molar-refractivity contribution is 0.306. The van der Waals surface area contributed by atoms with Gasteiger partial charge in [-0.25, -0.2) is 4.98 Å². The van der Waals surface area contributed by atoms with Gasteiger partial charge in [0.25, 0.3) is 0 Å². The van der Waals surface area contributed by atoms with Crippen LogP contribution in [0.15, 0.2) is 91.4 Å². The number of fused-ring (bicyclic) bond motifs is 2. The van der Waals surface area contributed by atoms with Gasteiger partial charge in [0.15, 0.2) is 0 Å². The molecule has 3 aromatic carbocycles. The van der Waals surface area contributed by atoms with Crippen molar-refractivity contribution in [3.63, 3.8) is 0 Å². The number of H-pyrrole nitrogens is 2. The van der Waals surface area contributed by atoms with Crippen molar-refractivity contribution in [2.45, 2.75) is 19.4 Å². The van der Waals surface area contributed by atoms with Gasteiger partial charge >= 0.3 is 0 Å². The second kappa shape index (κ2) is 10.1. The Bertz CT molecular complexity index is 1650. The van der Waals surface area contributed by atoms with E-state index in [-0.39, 0.29) is 0 Å². The SMILES string of the molecule is Nc1nc(NCCc2c[nH]c3ccc(OCc4ccccc4)cc23)ncc1Cc1ccc2[nH]ccc2c1. The maximum Gasteiger partial charge on any atom is 0.224 e. The van der Waals surface area contributed by atoms with E-state index in [1.54, 1.807) is 0 Å². The molecule has 3 heterocycles. The van der Waals surface area contributed by atoms with Crippen molar-refractivity contribution >= 4 is 33.6 Å². The molecule has 6 rings (SSSR count). The summed E-state index contributed by atoms with van der Waals surface area (Å²) in [6.07, 6.45) is 7.31. The van der Waals surface area contributed by atoms with Gasteiger partial charge in [0.1, 0.15) is 18.2 Å². The van der Waals surface area contributed by atoms with Crippen LogP contribution in [0, 0.1) is 0 Å². The van der Waals surface area contributed by atoms with Gasteiger partial charge in [-0.2, -0.15) is 4.98 Å². The fourth-order valence-corrected chi connectivity index (χ4v) is 4.58. The molecular formula is C30H28N6O. The summed E-state index contributed by atoms with van der Waals surface area (Å²) < 4.78 is 6.02. The molecule has 3 aromatic heterocycles. The van der Waals surface area contributed by atoms with Gasteiger partial charge < -0.3 is 25.8 Å². The lowest BCUT2D eigenvalue weighted by atomic mass is 10.1. The van der Waals surface area contributed by atoms with Crippen molar-refractivity contribution in [3.8, 4) is 5.75 Å². The van der Waals surface area contributed by atoms with Crippen LogP contribution in [0.4, 0.5) is 11.8 Å². The first-order valence-electron chi connectivity index (χ1n) is 12.4. The van der Waals surface area contributed by atoms with Crippen molar-refractivity contribution in [3.05, 3.63) is 114 Å². The monoisotopic (exact) mass is 488 g/mol. The predicted molar refractivity (Wildman–Crippen MR) is 149 cm³/mol. The Balaban J connectivity index is 1.07. The Morgan fingerprint density at radius 3 is 2.65 bits per heavy atom. The molecule has 0 saturated carbocycles. The Morgan fingerprint density at radius 1 is 0.865 bits per heavy atom. The summed E-state index contributed by atoms with van der Waals surface area (Å²) in [5, 5.41) is 5.65. The number of aromatic nitrogens is 4. The number of anilines is 2. The van der Waals surface area contributed by atoms with E-state index in [2.05, 4.69) is 73.8 Å². The maximum atomic E-state index is 6.27. The molecule has 0 unspecified atom stereocenters. The molecule has 0 radical (unpaired) electrons. The number of hydrogen-bond acceptors (Lipinski definition) is 5. The average molecular weight is 489 g/mol. The first-order chi connectivity index (χ1) is 18.2. The summed E-state index contributed by atoms with van der Waals surface area (Å²) in [5.74, 6) is 1.89. The molecule has 0 spiro atoms. The second-order valence-electron chi connectivity index (χ2n) is 9.15. The number of nitrogens with zero attached hydrogens (tertiary/aromatic N) is 2. The van der Waals surface area contributed by atoms with Gasteiger partial charge in [0, 0.05) is 53.5 Å². The fourth-order valence-electron chi connectivity index (χ4n) is 4.58. The standard InChI is InChI=1S/C30H28N6O/c31-29-24(15-21-6-8-27-22(14-21)10-12-32-27)18-35-30(36-29)33-13-11-23-17-34-28-9-7-25(16-26(23)28)37-19-20-4-2-1-3-5-20/h1-10,12,14,16-18,32,34H,11,13,15,19H2,(H3,31,33,35,36). The van der Waals surface area contributed by atoms with Crippen LogP contribution in [0.1, 0.15) is 22.3 Å². The molecule has 184 valence electrons. The van der Waals surface area contributed by atoms with Crippen molar-refractivity contribution in [1.29, 1.82) is 0 Å². The fraction of sp³-hybridized carbons (Fsp3) is 0.133. The molecule has 0 bridgehead atoms. The third-order valence-electron chi connectivity index (χ3n) is 6.57. The molecule has 37 heavy (non-hydrogen) atoms. The third kappa shape index (κ3) is 5.11.